The van der Waals surface area contributed by atoms with Gasteiger partial charge in [-0.2, -0.15) is 5.10 Å². The highest BCUT2D eigenvalue weighted by atomic mass is 32.1. The van der Waals surface area contributed by atoms with Crippen LogP contribution in [0.3, 0.4) is 0 Å². The third-order valence-corrected chi connectivity index (χ3v) is 5.29. The number of carbonyl (C=O) groups is 1. The molecule has 0 radical (unpaired) electrons. The fourth-order valence-electron chi connectivity index (χ4n) is 2.66. The normalized spacial score (nSPS) is 18.8. The van der Waals surface area contributed by atoms with Crippen LogP contribution in [0.2, 0.25) is 0 Å². The van der Waals surface area contributed by atoms with E-state index in [2.05, 4.69) is 20.2 Å². The van der Waals surface area contributed by atoms with Crippen LogP contribution in [0.25, 0.3) is 0 Å². The monoisotopic (exact) mass is 318 g/mol. The van der Waals surface area contributed by atoms with Gasteiger partial charge in [-0.05, 0) is 12.8 Å². The molecule has 0 N–H and O–H groups in total. The molecular weight excluding hydrogens is 300 g/mol. The van der Waals surface area contributed by atoms with E-state index in [4.69, 9.17) is 0 Å². The van der Waals surface area contributed by atoms with Crippen LogP contribution in [-0.4, -0.2) is 57.0 Å². The van der Waals surface area contributed by atoms with E-state index in [0.717, 1.165) is 18.2 Å². The first-order chi connectivity index (χ1) is 10.7. The van der Waals surface area contributed by atoms with Crippen LogP contribution in [-0.2, 0) is 7.05 Å². The van der Waals surface area contributed by atoms with E-state index in [-0.39, 0.29) is 5.91 Å². The Morgan fingerprint density at radius 2 is 2.00 bits per heavy atom. The highest BCUT2D eigenvalue weighted by Crippen LogP contribution is 2.42. The standard InChI is InChI=1S/C14H18N6OS/c1-18-9-11(8-15-18)13(21)19-4-6-20(7-5-19)14-17-16-12(22-14)10-2-3-10/h8-10H,2-7H2,1H3. The molecular formula is C14H18N6OS. The molecule has 1 saturated carbocycles. The molecule has 8 heteroatoms. The van der Waals surface area contributed by atoms with Crippen molar-refractivity contribution in [2.75, 3.05) is 31.1 Å². The van der Waals surface area contributed by atoms with Gasteiger partial charge in [0, 0.05) is 45.3 Å². The number of rotatable bonds is 3. The van der Waals surface area contributed by atoms with Crippen LogP contribution in [0.15, 0.2) is 12.4 Å². The zero-order chi connectivity index (χ0) is 15.1. The molecule has 1 amide bonds. The average molecular weight is 318 g/mol. The molecule has 4 rings (SSSR count). The average Bonchev–Trinajstić information content (AvgIpc) is 3.11. The molecule has 22 heavy (non-hydrogen) atoms. The lowest BCUT2D eigenvalue weighted by atomic mass is 10.2. The molecule has 7 nitrogen and oxygen atoms in total. The van der Waals surface area contributed by atoms with E-state index >= 15 is 0 Å². The van der Waals surface area contributed by atoms with Crippen LogP contribution in [0.1, 0.15) is 34.1 Å². The van der Waals surface area contributed by atoms with Crippen molar-refractivity contribution in [3.63, 3.8) is 0 Å². The SMILES string of the molecule is Cn1cc(C(=O)N2CCN(c3nnc(C4CC4)s3)CC2)cn1. The van der Waals surface area contributed by atoms with Gasteiger partial charge >= 0.3 is 0 Å². The van der Waals surface area contributed by atoms with Gasteiger partial charge in [0.05, 0.1) is 11.8 Å². The number of anilines is 1. The third kappa shape index (κ3) is 2.58. The number of piperazine rings is 1. The maximum atomic E-state index is 12.4. The lowest BCUT2D eigenvalue weighted by Crippen LogP contribution is -2.48. The van der Waals surface area contributed by atoms with Crippen LogP contribution >= 0.6 is 11.3 Å². The minimum atomic E-state index is 0.0590. The molecule has 2 aromatic rings. The zero-order valence-corrected chi connectivity index (χ0v) is 13.3. The van der Waals surface area contributed by atoms with Crippen molar-refractivity contribution in [1.29, 1.82) is 0 Å². The van der Waals surface area contributed by atoms with Gasteiger partial charge in [-0.1, -0.05) is 11.3 Å². The lowest BCUT2D eigenvalue weighted by molar-refractivity contribution is 0.0746. The summed E-state index contributed by atoms with van der Waals surface area (Å²) in [5.41, 5.74) is 0.655. The Morgan fingerprint density at radius 3 is 2.64 bits per heavy atom. The molecule has 2 aromatic heterocycles. The Balaban J connectivity index is 1.38. The van der Waals surface area contributed by atoms with Crippen molar-refractivity contribution in [1.82, 2.24) is 24.9 Å². The Bertz CT molecular complexity index is 683. The number of hydrogen-bond acceptors (Lipinski definition) is 6. The van der Waals surface area contributed by atoms with Crippen LogP contribution in [0.5, 0.6) is 0 Å². The summed E-state index contributed by atoms with van der Waals surface area (Å²) in [4.78, 5) is 16.5. The van der Waals surface area contributed by atoms with E-state index in [1.807, 2.05) is 11.9 Å². The van der Waals surface area contributed by atoms with Gasteiger partial charge in [-0.3, -0.25) is 9.48 Å². The quantitative estimate of drug-likeness (QED) is 0.848. The number of aromatic nitrogens is 4. The molecule has 1 aliphatic heterocycles. The summed E-state index contributed by atoms with van der Waals surface area (Å²) >= 11 is 1.71. The second kappa shape index (κ2) is 5.35. The van der Waals surface area contributed by atoms with Gasteiger partial charge in [0.15, 0.2) is 0 Å². The first-order valence-electron chi connectivity index (χ1n) is 7.57. The van der Waals surface area contributed by atoms with Crippen molar-refractivity contribution in [3.8, 4) is 0 Å². The van der Waals surface area contributed by atoms with Crippen molar-refractivity contribution >= 4 is 22.4 Å². The second-order valence-electron chi connectivity index (χ2n) is 5.88. The minimum Gasteiger partial charge on any atom is -0.343 e. The fraction of sp³-hybridized carbons (Fsp3) is 0.571. The van der Waals surface area contributed by atoms with Crippen LogP contribution < -0.4 is 4.90 Å². The summed E-state index contributed by atoms with van der Waals surface area (Å²) in [5, 5.41) is 14.8. The highest BCUT2D eigenvalue weighted by Gasteiger charge is 2.29. The maximum absolute atomic E-state index is 12.4. The van der Waals surface area contributed by atoms with Gasteiger partial charge in [-0.15, -0.1) is 10.2 Å². The predicted octanol–water partition coefficient (Wildman–Crippen LogP) is 1.11. The van der Waals surface area contributed by atoms with Crippen molar-refractivity contribution in [3.05, 3.63) is 23.0 Å². The molecule has 0 bridgehead atoms. The molecule has 0 unspecified atom stereocenters. The van der Waals surface area contributed by atoms with E-state index in [0.29, 0.717) is 24.6 Å². The van der Waals surface area contributed by atoms with E-state index < -0.39 is 0 Å². The molecule has 116 valence electrons. The van der Waals surface area contributed by atoms with Crippen molar-refractivity contribution in [2.24, 2.45) is 7.05 Å². The largest absolute Gasteiger partial charge is 0.343 e. The second-order valence-corrected chi connectivity index (χ2v) is 6.87. The first kappa shape index (κ1) is 13.7. The molecule has 1 saturated heterocycles. The smallest absolute Gasteiger partial charge is 0.257 e. The molecule has 1 aliphatic carbocycles. The lowest BCUT2D eigenvalue weighted by Gasteiger charge is -2.34. The Hall–Kier alpha value is -1.96. The number of hydrogen-bond donors (Lipinski definition) is 0. The van der Waals surface area contributed by atoms with E-state index in [1.54, 1.807) is 28.4 Å². The number of carbonyl (C=O) groups excluding carboxylic acids is 1. The summed E-state index contributed by atoms with van der Waals surface area (Å²) in [6, 6.07) is 0. The summed E-state index contributed by atoms with van der Waals surface area (Å²) in [6.45, 7) is 3.05. The van der Waals surface area contributed by atoms with Crippen molar-refractivity contribution in [2.45, 2.75) is 18.8 Å². The first-order valence-corrected chi connectivity index (χ1v) is 8.38. The molecule has 3 heterocycles. The molecule has 0 aromatic carbocycles. The number of amides is 1. The molecule has 2 fully saturated rings. The summed E-state index contributed by atoms with van der Waals surface area (Å²) in [7, 11) is 1.82. The maximum Gasteiger partial charge on any atom is 0.257 e. The summed E-state index contributed by atoms with van der Waals surface area (Å²) < 4.78 is 1.66. The van der Waals surface area contributed by atoms with Gasteiger partial charge in [0.2, 0.25) is 5.13 Å². The zero-order valence-electron chi connectivity index (χ0n) is 12.5. The van der Waals surface area contributed by atoms with Gasteiger partial charge in [0.25, 0.3) is 5.91 Å². The van der Waals surface area contributed by atoms with E-state index in [9.17, 15) is 4.79 Å². The van der Waals surface area contributed by atoms with Crippen LogP contribution in [0, 0.1) is 0 Å². The van der Waals surface area contributed by atoms with Crippen LogP contribution in [0.4, 0.5) is 5.13 Å². The Labute approximate surface area is 132 Å². The fourth-order valence-corrected chi connectivity index (χ4v) is 3.73. The van der Waals surface area contributed by atoms with Gasteiger partial charge < -0.3 is 9.80 Å². The molecule has 0 spiro atoms. The van der Waals surface area contributed by atoms with Gasteiger partial charge in [0.1, 0.15) is 5.01 Å². The number of aryl methyl sites for hydroxylation is 1. The highest BCUT2D eigenvalue weighted by molar-refractivity contribution is 7.15. The van der Waals surface area contributed by atoms with Crippen molar-refractivity contribution < 1.29 is 4.79 Å². The Morgan fingerprint density at radius 1 is 1.23 bits per heavy atom. The van der Waals surface area contributed by atoms with E-state index in [1.165, 1.54) is 17.8 Å². The topological polar surface area (TPSA) is 67.2 Å². The predicted molar refractivity (Wildman–Crippen MR) is 83.2 cm³/mol. The minimum absolute atomic E-state index is 0.0590. The molecule has 0 atom stereocenters. The van der Waals surface area contributed by atoms with Gasteiger partial charge in [-0.25, -0.2) is 0 Å². The molecule has 2 aliphatic rings. The third-order valence-electron chi connectivity index (χ3n) is 4.15. The summed E-state index contributed by atoms with van der Waals surface area (Å²) in [6.07, 6.45) is 5.90. The number of nitrogens with zero attached hydrogens (tertiary/aromatic N) is 6. The Kier molecular flexibility index (Phi) is 3.33. The summed E-state index contributed by atoms with van der Waals surface area (Å²) in [5.74, 6) is 0.711.